The van der Waals surface area contributed by atoms with Gasteiger partial charge in [-0.1, -0.05) is 17.7 Å². The number of fused-ring (bicyclic) bond motifs is 1. The largest absolute Gasteiger partial charge is 0.434 e. The Bertz CT molecular complexity index is 938. The third-order valence-corrected chi connectivity index (χ3v) is 4.54. The van der Waals surface area contributed by atoms with Gasteiger partial charge in [0.15, 0.2) is 11.6 Å². The average molecular weight is 373 g/mol. The van der Waals surface area contributed by atoms with E-state index in [-0.39, 0.29) is 10.8 Å². The summed E-state index contributed by atoms with van der Waals surface area (Å²) in [6.07, 6.45) is 7.67. The number of rotatable bonds is 3. The summed E-state index contributed by atoms with van der Waals surface area (Å²) in [4.78, 5) is 27.6. The highest BCUT2D eigenvalue weighted by Crippen LogP contribution is 2.25. The molecule has 4 rings (SSSR count). The molecule has 0 bridgehead atoms. The van der Waals surface area contributed by atoms with Gasteiger partial charge in [0, 0.05) is 19.3 Å². The van der Waals surface area contributed by atoms with Crippen LogP contribution < -0.4 is 5.48 Å². The Morgan fingerprint density at radius 2 is 2.04 bits per heavy atom. The van der Waals surface area contributed by atoms with E-state index in [9.17, 15) is 4.79 Å². The van der Waals surface area contributed by atoms with Gasteiger partial charge in [0.25, 0.3) is 0 Å². The highest BCUT2D eigenvalue weighted by Gasteiger charge is 2.19. The Hall–Kier alpha value is -2.87. The first kappa shape index (κ1) is 16.6. The summed E-state index contributed by atoms with van der Waals surface area (Å²) in [6.45, 7) is 1.40. The van der Waals surface area contributed by atoms with Crippen LogP contribution in [0.2, 0.25) is 5.02 Å². The molecule has 0 unspecified atom stereocenters. The van der Waals surface area contributed by atoms with Crippen LogP contribution in [-0.2, 0) is 4.84 Å². The van der Waals surface area contributed by atoms with E-state index in [1.807, 2.05) is 24.4 Å². The van der Waals surface area contributed by atoms with Crippen molar-refractivity contribution in [3.05, 3.63) is 41.8 Å². The Morgan fingerprint density at radius 3 is 2.88 bits per heavy atom. The van der Waals surface area contributed by atoms with Gasteiger partial charge in [-0.3, -0.25) is 0 Å². The van der Waals surface area contributed by atoms with Gasteiger partial charge in [-0.05, 0) is 31.4 Å². The molecule has 3 aromatic heterocycles. The maximum atomic E-state index is 12.1. The van der Waals surface area contributed by atoms with E-state index in [1.54, 1.807) is 15.6 Å². The molecular weight excluding hydrogens is 356 g/mol. The van der Waals surface area contributed by atoms with E-state index in [1.165, 1.54) is 6.20 Å². The predicted octanol–water partition coefficient (Wildman–Crippen LogP) is 3.39. The van der Waals surface area contributed by atoms with Crippen molar-refractivity contribution in [2.75, 3.05) is 18.6 Å². The molecule has 3 aromatic rings. The second kappa shape index (κ2) is 7.17. The Kier molecular flexibility index (Phi) is 4.57. The second-order valence-corrected chi connectivity index (χ2v) is 6.40. The number of carbonyl (C=O) groups excluding carboxylic acids is 1. The fourth-order valence-electron chi connectivity index (χ4n) is 2.91. The molecule has 1 amide bonds. The number of nitrogens with one attached hydrogen (secondary N) is 1. The molecule has 4 heterocycles. The lowest BCUT2D eigenvalue weighted by Crippen LogP contribution is -2.37. The van der Waals surface area contributed by atoms with Crippen LogP contribution in [0.4, 0.5) is 10.6 Å². The molecule has 0 aliphatic carbocycles. The van der Waals surface area contributed by atoms with Crippen molar-refractivity contribution < 1.29 is 9.63 Å². The van der Waals surface area contributed by atoms with Crippen molar-refractivity contribution in [1.82, 2.24) is 24.5 Å². The van der Waals surface area contributed by atoms with E-state index in [0.717, 1.165) is 30.3 Å². The van der Waals surface area contributed by atoms with E-state index in [4.69, 9.17) is 16.4 Å². The van der Waals surface area contributed by atoms with Crippen LogP contribution in [0.15, 0.2) is 36.8 Å². The maximum Gasteiger partial charge on any atom is 0.434 e. The number of aromatic nitrogens is 4. The zero-order valence-electron chi connectivity index (χ0n) is 13.9. The van der Waals surface area contributed by atoms with Crippen LogP contribution in [0, 0.1) is 0 Å². The molecule has 9 heteroatoms. The van der Waals surface area contributed by atoms with E-state index in [2.05, 4.69) is 20.5 Å². The molecule has 0 saturated carbocycles. The molecule has 1 aliphatic heterocycles. The molecule has 26 heavy (non-hydrogen) atoms. The van der Waals surface area contributed by atoms with Crippen molar-refractivity contribution in [2.45, 2.75) is 19.3 Å². The SMILES string of the molecule is O=C(ONc1nc(-c2cnn3ccccc23)ncc1Cl)N1CCCCC1. The molecule has 1 N–H and O–H groups in total. The van der Waals surface area contributed by atoms with Crippen LogP contribution in [-0.4, -0.2) is 43.7 Å². The van der Waals surface area contributed by atoms with Gasteiger partial charge in [-0.25, -0.2) is 19.3 Å². The first-order chi connectivity index (χ1) is 12.7. The number of hydrogen-bond donors (Lipinski definition) is 1. The van der Waals surface area contributed by atoms with E-state index >= 15 is 0 Å². The summed E-state index contributed by atoms with van der Waals surface area (Å²) in [5.41, 5.74) is 4.18. The lowest BCUT2D eigenvalue weighted by molar-refractivity contribution is 0.114. The van der Waals surface area contributed by atoms with Crippen LogP contribution in [0.1, 0.15) is 19.3 Å². The first-order valence-electron chi connectivity index (χ1n) is 8.39. The quantitative estimate of drug-likeness (QED) is 0.709. The Balaban J connectivity index is 1.54. The second-order valence-electron chi connectivity index (χ2n) is 6.00. The Morgan fingerprint density at radius 1 is 1.19 bits per heavy atom. The number of pyridine rings is 1. The minimum absolute atomic E-state index is 0.234. The van der Waals surface area contributed by atoms with Crippen molar-refractivity contribution >= 4 is 29.0 Å². The lowest BCUT2D eigenvalue weighted by atomic mass is 10.1. The molecule has 1 fully saturated rings. The standard InChI is InChI=1S/C17H17ClN6O2/c18-13-11-19-15(12-10-20-24-9-5-2-6-14(12)24)21-16(13)22-26-17(25)23-7-3-1-4-8-23/h2,5-6,9-11H,1,3-4,7-8H2,(H,19,21,22). The van der Waals surface area contributed by atoms with E-state index < -0.39 is 6.09 Å². The van der Waals surface area contributed by atoms with Crippen LogP contribution in [0.25, 0.3) is 16.9 Å². The van der Waals surface area contributed by atoms with Crippen molar-refractivity contribution in [3.63, 3.8) is 0 Å². The normalized spacial score (nSPS) is 14.4. The van der Waals surface area contributed by atoms with Crippen LogP contribution >= 0.6 is 11.6 Å². The average Bonchev–Trinajstić information content (AvgIpc) is 3.12. The summed E-state index contributed by atoms with van der Waals surface area (Å²) in [6, 6.07) is 5.72. The molecule has 134 valence electrons. The number of piperidine rings is 1. The van der Waals surface area contributed by atoms with Gasteiger partial charge < -0.3 is 9.74 Å². The minimum Gasteiger partial charge on any atom is -0.323 e. The molecular formula is C17H17ClN6O2. The van der Waals surface area contributed by atoms with Gasteiger partial charge in [0.05, 0.1) is 23.5 Å². The van der Waals surface area contributed by atoms with Crippen LogP contribution in [0.3, 0.4) is 0 Å². The van der Waals surface area contributed by atoms with Crippen LogP contribution in [0.5, 0.6) is 0 Å². The predicted molar refractivity (Wildman–Crippen MR) is 96.8 cm³/mol. The highest BCUT2D eigenvalue weighted by atomic mass is 35.5. The summed E-state index contributed by atoms with van der Waals surface area (Å²) in [5.74, 6) is 0.671. The topological polar surface area (TPSA) is 84.6 Å². The fourth-order valence-corrected chi connectivity index (χ4v) is 3.04. The number of hydrogen-bond acceptors (Lipinski definition) is 6. The molecule has 0 aromatic carbocycles. The zero-order valence-corrected chi connectivity index (χ0v) is 14.7. The molecule has 0 atom stereocenters. The zero-order chi connectivity index (χ0) is 17.9. The molecule has 1 aliphatic rings. The van der Waals surface area contributed by atoms with Gasteiger partial charge in [-0.2, -0.15) is 10.6 Å². The van der Waals surface area contributed by atoms with Gasteiger partial charge in [0.2, 0.25) is 0 Å². The summed E-state index contributed by atoms with van der Waals surface area (Å²) < 4.78 is 1.73. The maximum absolute atomic E-state index is 12.1. The number of amides is 1. The number of likely N-dealkylation sites (tertiary alicyclic amines) is 1. The Labute approximate surface area is 154 Å². The number of halogens is 1. The van der Waals surface area contributed by atoms with Gasteiger partial charge >= 0.3 is 6.09 Å². The molecule has 0 radical (unpaired) electrons. The van der Waals surface area contributed by atoms with E-state index in [0.29, 0.717) is 18.9 Å². The summed E-state index contributed by atoms with van der Waals surface area (Å²) in [7, 11) is 0. The smallest absolute Gasteiger partial charge is 0.323 e. The highest BCUT2D eigenvalue weighted by molar-refractivity contribution is 6.32. The van der Waals surface area contributed by atoms with Crippen molar-refractivity contribution in [1.29, 1.82) is 0 Å². The minimum atomic E-state index is -0.433. The molecule has 0 spiro atoms. The molecule has 1 saturated heterocycles. The van der Waals surface area contributed by atoms with Gasteiger partial charge in [-0.15, -0.1) is 0 Å². The van der Waals surface area contributed by atoms with Crippen molar-refractivity contribution in [3.8, 4) is 11.4 Å². The summed E-state index contributed by atoms with van der Waals surface area (Å²) >= 11 is 6.13. The first-order valence-corrected chi connectivity index (χ1v) is 8.77. The number of anilines is 1. The fraction of sp³-hybridized carbons (Fsp3) is 0.294. The number of carbonyl (C=O) groups is 1. The van der Waals surface area contributed by atoms with Crippen molar-refractivity contribution in [2.24, 2.45) is 0 Å². The third-order valence-electron chi connectivity index (χ3n) is 4.26. The monoisotopic (exact) mass is 372 g/mol. The number of nitrogens with zero attached hydrogens (tertiary/aromatic N) is 5. The lowest BCUT2D eigenvalue weighted by Gasteiger charge is -2.25. The molecule has 8 nitrogen and oxygen atoms in total. The van der Waals surface area contributed by atoms with Gasteiger partial charge in [0.1, 0.15) is 5.02 Å². The third kappa shape index (κ3) is 3.28. The summed E-state index contributed by atoms with van der Waals surface area (Å²) in [5, 5.41) is 4.53.